The maximum absolute atomic E-state index is 13.9. The van der Waals surface area contributed by atoms with Gasteiger partial charge >= 0.3 is 0 Å². The Labute approximate surface area is 217 Å². The molecule has 4 nitrogen and oxygen atoms in total. The maximum Gasteiger partial charge on any atom is 0.233 e. The largest absolute Gasteiger partial charge is 0.372 e. The number of hydrogen-bond donors (Lipinski definition) is 1. The second kappa shape index (κ2) is 8.90. The first-order chi connectivity index (χ1) is 17.5. The highest BCUT2D eigenvalue weighted by atomic mass is 32.1. The van der Waals surface area contributed by atoms with Crippen LogP contribution in [0.1, 0.15) is 61.3 Å². The minimum Gasteiger partial charge on any atom is -0.372 e. The number of carbonyl (C=O) groups excluding carboxylic acids is 1. The van der Waals surface area contributed by atoms with Gasteiger partial charge in [0.2, 0.25) is 5.91 Å². The van der Waals surface area contributed by atoms with E-state index in [1.165, 1.54) is 39.3 Å². The van der Waals surface area contributed by atoms with Gasteiger partial charge in [0.05, 0.1) is 11.1 Å². The molecule has 3 aromatic carbocycles. The first-order valence-electron chi connectivity index (χ1n) is 12.8. The van der Waals surface area contributed by atoms with Gasteiger partial charge in [-0.05, 0) is 61.6 Å². The zero-order valence-corrected chi connectivity index (χ0v) is 21.8. The number of hydrogen-bond acceptors (Lipinski definition) is 4. The van der Waals surface area contributed by atoms with E-state index in [0.29, 0.717) is 5.13 Å². The van der Waals surface area contributed by atoms with E-state index in [2.05, 4.69) is 104 Å². The molecule has 1 heterocycles. The minimum atomic E-state index is -0.537. The van der Waals surface area contributed by atoms with Gasteiger partial charge in [-0.25, -0.2) is 4.98 Å². The van der Waals surface area contributed by atoms with Crippen molar-refractivity contribution in [2.45, 2.75) is 39.0 Å². The zero-order chi connectivity index (χ0) is 24.9. The summed E-state index contributed by atoms with van der Waals surface area (Å²) in [5.74, 6) is 0.343. The Hall–Kier alpha value is -3.44. The van der Waals surface area contributed by atoms with Crippen molar-refractivity contribution >= 4 is 28.1 Å². The number of rotatable bonds is 6. The standard InChI is InChI=1S/C31H31N3OS/c1-4-34(5-2)21-16-14-20(15-17-21)27-19-36-30(32-27)33-29(35)31(3)18-26-22-10-6-8-12-24(22)28(31)25-13-9-7-11-23(25)26/h6-17,19,26,28H,4-5,18H2,1-3H3,(H,32,33,35). The van der Waals surface area contributed by atoms with Crippen LogP contribution in [0.15, 0.2) is 78.2 Å². The van der Waals surface area contributed by atoms with Crippen LogP contribution in [-0.4, -0.2) is 24.0 Å². The van der Waals surface area contributed by atoms with Gasteiger partial charge in [0.1, 0.15) is 0 Å². The molecule has 0 aliphatic heterocycles. The van der Waals surface area contributed by atoms with E-state index >= 15 is 0 Å². The SMILES string of the molecule is CCN(CC)c1ccc(-c2csc(NC(=O)C3(C)CC4c5ccccc5C3c3ccccc34)n2)cc1. The lowest BCUT2D eigenvalue weighted by atomic mass is 9.52. The fourth-order valence-corrected chi connectivity index (χ4v) is 7.04. The van der Waals surface area contributed by atoms with Gasteiger partial charge in [-0.1, -0.05) is 60.7 Å². The molecule has 2 bridgehead atoms. The molecular formula is C31H31N3OS. The van der Waals surface area contributed by atoms with E-state index in [1.54, 1.807) is 0 Å². The molecule has 0 fully saturated rings. The van der Waals surface area contributed by atoms with Crippen LogP contribution in [0.4, 0.5) is 10.8 Å². The Morgan fingerprint density at radius 2 is 1.53 bits per heavy atom. The van der Waals surface area contributed by atoms with Crippen molar-refractivity contribution in [2.75, 3.05) is 23.3 Å². The zero-order valence-electron chi connectivity index (χ0n) is 21.0. The molecule has 1 amide bonds. The summed E-state index contributed by atoms with van der Waals surface area (Å²) in [6.45, 7) is 8.44. The lowest BCUT2D eigenvalue weighted by Crippen LogP contribution is -2.47. The normalized spacial score (nSPS) is 21.5. The third kappa shape index (κ3) is 3.56. The molecule has 1 atom stereocenters. The summed E-state index contributed by atoms with van der Waals surface area (Å²) in [7, 11) is 0. The molecule has 182 valence electrons. The van der Waals surface area contributed by atoms with Crippen molar-refractivity contribution in [3.05, 3.63) is 100 Å². The molecule has 4 aromatic rings. The number of benzene rings is 3. The fourth-order valence-electron chi connectivity index (χ4n) is 6.32. The summed E-state index contributed by atoms with van der Waals surface area (Å²) in [5.41, 5.74) is 7.96. The van der Waals surface area contributed by atoms with Gasteiger partial charge < -0.3 is 10.2 Å². The highest BCUT2D eigenvalue weighted by Gasteiger charge is 2.53. The summed E-state index contributed by atoms with van der Waals surface area (Å²) >= 11 is 1.49. The van der Waals surface area contributed by atoms with Gasteiger partial charge in [0.15, 0.2) is 5.13 Å². The summed E-state index contributed by atoms with van der Waals surface area (Å²) < 4.78 is 0. The van der Waals surface area contributed by atoms with Crippen molar-refractivity contribution in [3.8, 4) is 11.3 Å². The van der Waals surface area contributed by atoms with Crippen LogP contribution in [0.3, 0.4) is 0 Å². The smallest absolute Gasteiger partial charge is 0.233 e. The van der Waals surface area contributed by atoms with Crippen molar-refractivity contribution in [1.82, 2.24) is 4.98 Å². The number of fused-ring (bicyclic) bond motifs is 1. The minimum absolute atomic E-state index is 0.0435. The van der Waals surface area contributed by atoms with Gasteiger partial charge in [-0.2, -0.15) is 0 Å². The summed E-state index contributed by atoms with van der Waals surface area (Å²) in [6.07, 6.45) is 0.808. The molecule has 0 radical (unpaired) electrons. The van der Waals surface area contributed by atoms with Crippen LogP contribution >= 0.6 is 11.3 Å². The Bertz CT molecular complexity index is 1370. The summed E-state index contributed by atoms with van der Waals surface area (Å²) in [4.78, 5) is 21.0. The van der Waals surface area contributed by atoms with Gasteiger partial charge in [0.25, 0.3) is 0 Å². The van der Waals surface area contributed by atoms with Crippen molar-refractivity contribution in [1.29, 1.82) is 0 Å². The number of carbonyl (C=O) groups is 1. The molecule has 36 heavy (non-hydrogen) atoms. The fraction of sp³-hybridized carbons (Fsp3) is 0.290. The van der Waals surface area contributed by atoms with E-state index < -0.39 is 5.41 Å². The van der Waals surface area contributed by atoms with Crippen LogP contribution in [-0.2, 0) is 4.79 Å². The molecule has 5 heteroatoms. The molecule has 1 unspecified atom stereocenters. The average Bonchev–Trinajstić information content (AvgIpc) is 3.38. The Morgan fingerprint density at radius 3 is 2.11 bits per heavy atom. The monoisotopic (exact) mass is 493 g/mol. The molecule has 1 aromatic heterocycles. The van der Waals surface area contributed by atoms with Gasteiger partial charge in [-0.3, -0.25) is 4.79 Å². The van der Waals surface area contributed by atoms with Gasteiger partial charge in [0, 0.05) is 41.6 Å². The third-order valence-corrected chi connectivity index (χ3v) is 8.92. The van der Waals surface area contributed by atoms with Crippen LogP contribution in [0, 0.1) is 5.41 Å². The lowest BCUT2D eigenvalue weighted by Gasteiger charge is -2.50. The number of thiazole rings is 1. The first-order valence-corrected chi connectivity index (χ1v) is 13.7. The number of aromatic nitrogens is 1. The van der Waals surface area contributed by atoms with Crippen LogP contribution < -0.4 is 10.2 Å². The molecule has 3 aliphatic rings. The van der Waals surface area contributed by atoms with Crippen LogP contribution in [0.2, 0.25) is 0 Å². The van der Waals surface area contributed by atoms with E-state index in [1.807, 2.05) is 5.38 Å². The number of nitrogens with one attached hydrogen (secondary N) is 1. The van der Waals surface area contributed by atoms with Crippen molar-refractivity contribution < 1.29 is 4.79 Å². The number of amides is 1. The molecule has 1 N–H and O–H groups in total. The first kappa shape index (κ1) is 23.0. The van der Waals surface area contributed by atoms with E-state index in [-0.39, 0.29) is 17.7 Å². The third-order valence-electron chi connectivity index (χ3n) is 8.17. The maximum atomic E-state index is 13.9. The second-order valence-corrected chi connectivity index (χ2v) is 10.9. The second-order valence-electron chi connectivity index (χ2n) is 10.1. The Kier molecular flexibility index (Phi) is 5.68. The van der Waals surface area contributed by atoms with Crippen LogP contribution in [0.25, 0.3) is 11.3 Å². The molecule has 0 spiro atoms. The topological polar surface area (TPSA) is 45.2 Å². The van der Waals surface area contributed by atoms with E-state index in [9.17, 15) is 4.79 Å². The molecule has 0 saturated heterocycles. The Balaban J connectivity index is 1.27. The lowest BCUT2D eigenvalue weighted by molar-refractivity contribution is -0.126. The highest BCUT2D eigenvalue weighted by molar-refractivity contribution is 7.14. The number of nitrogens with zero attached hydrogens (tertiary/aromatic N) is 2. The van der Waals surface area contributed by atoms with E-state index in [4.69, 9.17) is 4.98 Å². The van der Waals surface area contributed by atoms with E-state index in [0.717, 1.165) is 30.8 Å². The number of anilines is 2. The average molecular weight is 494 g/mol. The summed E-state index contributed by atoms with van der Waals surface area (Å²) in [5, 5.41) is 5.89. The molecule has 0 saturated carbocycles. The van der Waals surface area contributed by atoms with Crippen molar-refractivity contribution in [3.63, 3.8) is 0 Å². The quantitative estimate of drug-likeness (QED) is 0.307. The molecule has 7 rings (SSSR count). The Morgan fingerprint density at radius 1 is 0.944 bits per heavy atom. The molecule has 3 aliphatic carbocycles. The van der Waals surface area contributed by atoms with Crippen molar-refractivity contribution in [2.24, 2.45) is 5.41 Å². The van der Waals surface area contributed by atoms with Gasteiger partial charge in [-0.15, -0.1) is 11.3 Å². The summed E-state index contributed by atoms with van der Waals surface area (Å²) in [6, 6.07) is 25.8. The highest BCUT2D eigenvalue weighted by Crippen LogP contribution is 2.61. The predicted octanol–water partition coefficient (Wildman–Crippen LogP) is 7.28. The predicted molar refractivity (Wildman–Crippen MR) is 149 cm³/mol. The molecular weight excluding hydrogens is 462 g/mol. The van der Waals surface area contributed by atoms with Crippen LogP contribution in [0.5, 0.6) is 0 Å².